The maximum absolute atomic E-state index is 13.8. The summed E-state index contributed by atoms with van der Waals surface area (Å²) in [5.41, 5.74) is 0.218. The van der Waals surface area contributed by atoms with Gasteiger partial charge in [-0.25, -0.2) is 17.1 Å². The molecule has 0 aliphatic carbocycles. The van der Waals surface area contributed by atoms with E-state index in [-0.39, 0.29) is 23.9 Å². The van der Waals surface area contributed by atoms with E-state index in [0.29, 0.717) is 38.4 Å². The molecule has 1 atom stereocenters. The zero-order chi connectivity index (χ0) is 19.9. The molecule has 1 heterocycles. The van der Waals surface area contributed by atoms with Crippen molar-refractivity contribution in [1.82, 2.24) is 14.9 Å². The maximum Gasteiger partial charge on any atom is 0.213 e. The number of aliphatic hydroxyl groups excluding tert-OH is 1. The standard InChI is InChI=1S/C18H29FN4O3S/c1-3-20-18(21-13-17(24)15-7-5-6-8-16(15)19)22-14-9-11-23(12-10-14)27(25,26)4-2/h5-8,14,17,24H,3-4,9-13H2,1-2H3,(H2,20,21,22). The minimum absolute atomic E-state index is 0.0271. The number of piperidine rings is 1. The van der Waals surface area contributed by atoms with Crippen LogP contribution in [-0.2, 0) is 10.0 Å². The van der Waals surface area contributed by atoms with Gasteiger partial charge in [-0.1, -0.05) is 18.2 Å². The number of nitrogens with zero attached hydrogens (tertiary/aromatic N) is 2. The van der Waals surface area contributed by atoms with E-state index in [4.69, 9.17) is 0 Å². The normalized spacial score (nSPS) is 18.3. The Morgan fingerprint density at radius 2 is 2.00 bits per heavy atom. The quantitative estimate of drug-likeness (QED) is 0.473. The van der Waals surface area contributed by atoms with E-state index in [9.17, 15) is 17.9 Å². The number of nitrogens with one attached hydrogen (secondary N) is 2. The molecule has 1 saturated heterocycles. The van der Waals surface area contributed by atoms with Gasteiger partial charge in [0, 0.05) is 31.2 Å². The van der Waals surface area contributed by atoms with Crippen LogP contribution in [0.1, 0.15) is 38.4 Å². The van der Waals surface area contributed by atoms with E-state index < -0.39 is 21.9 Å². The lowest BCUT2D eigenvalue weighted by Crippen LogP contribution is -2.50. The number of sulfonamides is 1. The van der Waals surface area contributed by atoms with Gasteiger partial charge in [-0.15, -0.1) is 0 Å². The molecule has 0 amide bonds. The van der Waals surface area contributed by atoms with E-state index in [1.54, 1.807) is 25.1 Å². The lowest BCUT2D eigenvalue weighted by Gasteiger charge is -2.32. The van der Waals surface area contributed by atoms with Gasteiger partial charge >= 0.3 is 0 Å². The van der Waals surface area contributed by atoms with Crippen molar-refractivity contribution in [2.45, 2.75) is 38.8 Å². The minimum atomic E-state index is -3.15. The number of hydrogen-bond donors (Lipinski definition) is 3. The summed E-state index contributed by atoms with van der Waals surface area (Å²) >= 11 is 0. The molecule has 7 nitrogen and oxygen atoms in total. The Labute approximate surface area is 160 Å². The molecule has 1 aliphatic rings. The van der Waals surface area contributed by atoms with Gasteiger partial charge in [0.15, 0.2) is 5.96 Å². The summed E-state index contributed by atoms with van der Waals surface area (Å²) in [5, 5.41) is 16.6. The van der Waals surface area contributed by atoms with Gasteiger partial charge in [0.1, 0.15) is 11.9 Å². The highest BCUT2D eigenvalue weighted by atomic mass is 32.2. The highest BCUT2D eigenvalue weighted by molar-refractivity contribution is 7.89. The Hall–Kier alpha value is -1.71. The zero-order valence-electron chi connectivity index (χ0n) is 15.9. The van der Waals surface area contributed by atoms with Gasteiger partial charge < -0.3 is 15.7 Å². The lowest BCUT2D eigenvalue weighted by atomic mass is 10.1. The van der Waals surface area contributed by atoms with Crippen LogP contribution in [0.2, 0.25) is 0 Å². The van der Waals surface area contributed by atoms with Crippen molar-refractivity contribution in [3.63, 3.8) is 0 Å². The molecule has 152 valence electrons. The second-order valence-electron chi connectivity index (χ2n) is 6.48. The molecular weight excluding hydrogens is 371 g/mol. The number of guanidine groups is 1. The average Bonchev–Trinajstić information content (AvgIpc) is 2.67. The summed E-state index contributed by atoms with van der Waals surface area (Å²) in [5.74, 6) is 0.190. The third kappa shape index (κ3) is 6.15. The average molecular weight is 401 g/mol. The molecule has 0 saturated carbocycles. The van der Waals surface area contributed by atoms with Crippen LogP contribution in [0.25, 0.3) is 0 Å². The topological polar surface area (TPSA) is 94.0 Å². The predicted molar refractivity (Wildman–Crippen MR) is 105 cm³/mol. The fraction of sp³-hybridized carbons (Fsp3) is 0.611. The molecule has 1 aromatic rings. The third-order valence-electron chi connectivity index (χ3n) is 4.58. The third-order valence-corrected chi connectivity index (χ3v) is 6.47. The first kappa shape index (κ1) is 21.6. The number of hydrogen-bond acceptors (Lipinski definition) is 4. The number of aliphatic imine (C=N–C) groups is 1. The molecule has 1 fully saturated rings. The van der Waals surface area contributed by atoms with E-state index in [0.717, 1.165) is 0 Å². The van der Waals surface area contributed by atoms with E-state index in [2.05, 4.69) is 15.6 Å². The first-order valence-electron chi connectivity index (χ1n) is 9.32. The Bertz CT molecular complexity index is 734. The van der Waals surface area contributed by atoms with Crippen molar-refractivity contribution in [3.8, 4) is 0 Å². The largest absolute Gasteiger partial charge is 0.386 e. The molecule has 2 rings (SSSR count). The summed E-state index contributed by atoms with van der Waals surface area (Å²) < 4.78 is 39.2. The van der Waals surface area contributed by atoms with Crippen LogP contribution < -0.4 is 10.6 Å². The van der Waals surface area contributed by atoms with Crippen LogP contribution in [0.5, 0.6) is 0 Å². The second-order valence-corrected chi connectivity index (χ2v) is 8.73. The molecule has 9 heteroatoms. The van der Waals surface area contributed by atoms with E-state index in [1.807, 2.05) is 6.92 Å². The Kier molecular flexibility index (Phi) is 8.00. The highest BCUT2D eigenvalue weighted by Crippen LogP contribution is 2.17. The number of halogens is 1. The summed E-state index contributed by atoms with van der Waals surface area (Å²) in [4.78, 5) is 4.35. The van der Waals surface area contributed by atoms with Gasteiger partial charge in [0.25, 0.3) is 0 Å². The summed E-state index contributed by atoms with van der Waals surface area (Å²) in [6.07, 6.45) is 0.331. The predicted octanol–water partition coefficient (Wildman–Crippen LogP) is 1.23. The Balaban J connectivity index is 1.94. The van der Waals surface area contributed by atoms with Crippen LogP contribution in [-0.4, -0.2) is 61.8 Å². The van der Waals surface area contributed by atoms with Gasteiger partial charge in [0.05, 0.1) is 12.3 Å². The summed E-state index contributed by atoms with van der Waals surface area (Å²) in [6.45, 7) is 5.21. The molecule has 0 spiro atoms. The van der Waals surface area contributed by atoms with Gasteiger partial charge in [-0.05, 0) is 32.8 Å². The first-order valence-corrected chi connectivity index (χ1v) is 10.9. The smallest absolute Gasteiger partial charge is 0.213 e. The number of rotatable bonds is 7. The van der Waals surface area contributed by atoms with Crippen LogP contribution >= 0.6 is 0 Å². The van der Waals surface area contributed by atoms with Gasteiger partial charge in [0.2, 0.25) is 10.0 Å². The maximum atomic E-state index is 13.8. The van der Waals surface area contributed by atoms with Crippen LogP contribution in [0.15, 0.2) is 29.3 Å². The molecule has 3 N–H and O–H groups in total. The fourth-order valence-electron chi connectivity index (χ4n) is 3.00. The van der Waals surface area contributed by atoms with Crippen molar-refractivity contribution < 1.29 is 17.9 Å². The Morgan fingerprint density at radius 1 is 1.33 bits per heavy atom. The second kappa shape index (κ2) is 10.0. The van der Waals surface area contributed by atoms with E-state index >= 15 is 0 Å². The molecule has 27 heavy (non-hydrogen) atoms. The molecule has 0 radical (unpaired) electrons. The first-order chi connectivity index (χ1) is 12.9. The monoisotopic (exact) mass is 400 g/mol. The molecule has 0 bridgehead atoms. The zero-order valence-corrected chi connectivity index (χ0v) is 16.7. The van der Waals surface area contributed by atoms with Crippen LogP contribution in [0, 0.1) is 5.82 Å². The molecule has 1 aromatic carbocycles. The lowest BCUT2D eigenvalue weighted by molar-refractivity contribution is 0.182. The molecular formula is C18H29FN4O3S. The number of aliphatic hydroxyl groups is 1. The fourth-order valence-corrected chi connectivity index (χ4v) is 4.13. The highest BCUT2D eigenvalue weighted by Gasteiger charge is 2.27. The van der Waals surface area contributed by atoms with E-state index in [1.165, 1.54) is 10.4 Å². The van der Waals surface area contributed by atoms with Crippen LogP contribution in [0.3, 0.4) is 0 Å². The summed E-state index contributed by atoms with van der Waals surface area (Å²) in [7, 11) is -3.15. The molecule has 1 unspecified atom stereocenters. The molecule has 1 aliphatic heterocycles. The SMILES string of the molecule is CCNC(=NCC(O)c1ccccc1F)NC1CCN(S(=O)(=O)CC)CC1. The van der Waals surface area contributed by atoms with Crippen molar-refractivity contribution in [3.05, 3.63) is 35.6 Å². The minimum Gasteiger partial charge on any atom is -0.386 e. The molecule has 0 aromatic heterocycles. The van der Waals surface area contributed by atoms with Crippen molar-refractivity contribution >= 4 is 16.0 Å². The summed E-state index contributed by atoms with van der Waals surface area (Å²) in [6, 6.07) is 6.19. The number of benzene rings is 1. The van der Waals surface area contributed by atoms with Crippen molar-refractivity contribution in [1.29, 1.82) is 0 Å². The van der Waals surface area contributed by atoms with Crippen molar-refractivity contribution in [2.75, 3.05) is 31.9 Å². The van der Waals surface area contributed by atoms with Crippen LogP contribution in [0.4, 0.5) is 4.39 Å². The van der Waals surface area contributed by atoms with Crippen molar-refractivity contribution in [2.24, 2.45) is 4.99 Å². The van der Waals surface area contributed by atoms with Gasteiger partial charge in [-0.2, -0.15) is 0 Å². The van der Waals surface area contributed by atoms with Gasteiger partial charge in [-0.3, -0.25) is 4.99 Å². The Morgan fingerprint density at radius 3 is 2.59 bits per heavy atom.